The number of aryl methyl sites for hydroxylation is 1. The second-order valence-electron chi connectivity index (χ2n) is 6.04. The molecule has 2 aromatic rings. The van der Waals surface area contributed by atoms with Crippen LogP contribution in [0.4, 0.5) is 5.69 Å². The van der Waals surface area contributed by atoms with Crippen LogP contribution in [0.2, 0.25) is 0 Å². The molecule has 0 spiro atoms. The van der Waals surface area contributed by atoms with Crippen molar-refractivity contribution in [1.82, 2.24) is 10.2 Å². The van der Waals surface area contributed by atoms with Crippen LogP contribution >= 0.6 is 0 Å². The molecule has 0 aliphatic heterocycles. The van der Waals surface area contributed by atoms with Gasteiger partial charge in [0.05, 0.1) is 0 Å². The van der Waals surface area contributed by atoms with Gasteiger partial charge in [-0.05, 0) is 35.6 Å². The van der Waals surface area contributed by atoms with E-state index >= 15 is 0 Å². The highest BCUT2D eigenvalue weighted by atomic mass is 16.2. The standard InChI is InChI=1S/C16H19N3O2/c1-10-5-6-11(16(2,3)4)9-13(10)17-15(21)12-7-8-14(20)19-18-12/h5-9H,1-4H3,(H,17,21)(H,19,20). The maximum atomic E-state index is 12.1. The molecule has 0 aliphatic rings. The van der Waals surface area contributed by atoms with Crippen molar-refractivity contribution in [3.05, 3.63) is 57.5 Å². The normalized spacial score (nSPS) is 11.2. The number of nitrogens with one attached hydrogen (secondary N) is 2. The molecule has 0 saturated carbocycles. The molecule has 1 amide bonds. The van der Waals surface area contributed by atoms with Crippen LogP contribution in [0.1, 0.15) is 42.4 Å². The number of nitrogens with zero attached hydrogens (tertiary/aromatic N) is 1. The van der Waals surface area contributed by atoms with Crippen molar-refractivity contribution in [1.29, 1.82) is 0 Å². The van der Waals surface area contributed by atoms with Crippen molar-refractivity contribution < 1.29 is 4.79 Å². The van der Waals surface area contributed by atoms with E-state index in [4.69, 9.17) is 0 Å². The number of anilines is 1. The highest BCUT2D eigenvalue weighted by molar-refractivity contribution is 6.03. The lowest BCUT2D eigenvalue weighted by Gasteiger charge is -2.21. The van der Waals surface area contributed by atoms with Crippen LogP contribution in [-0.2, 0) is 5.41 Å². The Morgan fingerprint density at radius 2 is 1.90 bits per heavy atom. The van der Waals surface area contributed by atoms with E-state index in [0.29, 0.717) is 0 Å². The molecule has 2 rings (SSSR count). The maximum Gasteiger partial charge on any atom is 0.276 e. The van der Waals surface area contributed by atoms with Gasteiger partial charge in [-0.1, -0.05) is 32.9 Å². The summed E-state index contributed by atoms with van der Waals surface area (Å²) in [5.74, 6) is -0.347. The fourth-order valence-electron chi connectivity index (χ4n) is 1.88. The van der Waals surface area contributed by atoms with E-state index in [1.807, 2.05) is 19.1 Å². The lowest BCUT2D eigenvalue weighted by molar-refractivity contribution is 0.102. The number of rotatable bonds is 2. The molecule has 21 heavy (non-hydrogen) atoms. The fraction of sp³-hybridized carbons (Fsp3) is 0.312. The van der Waals surface area contributed by atoms with Crippen LogP contribution in [0.25, 0.3) is 0 Å². The summed E-state index contributed by atoms with van der Waals surface area (Å²) in [6, 6.07) is 8.69. The van der Waals surface area contributed by atoms with Crippen LogP contribution in [0.15, 0.2) is 35.1 Å². The predicted octanol–water partition coefficient (Wildman–Crippen LogP) is 2.63. The number of amides is 1. The molecule has 1 aromatic carbocycles. The summed E-state index contributed by atoms with van der Waals surface area (Å²) in [5, 5.41) is 8.81. The Balaban J connectivity index is 2.28. The first-order valence-corrected chi connectivity index (χ1v) is 6.75. The van der Waals surface area contributed by atoms with Crippen molar-refractivity contribution in [3.8, 4) is 0 Å². The van der Waals surface area contributed by atoms with Gasteiger partial charge in [0, 0.05) is 11.8 Å². The minimum absolute atomic E-state index is 0.00338. The van der Waals surface area contributed by atoms with Crippen molar-refractivity contribution in [3.63, 3.8) is 0 Å². The van der Waals surface area contributed by atoms with Gasteiger partial charge in [0.1, 0.15) is 5.69 Å². The summed E-state index contributed by atoms with van der Waals surface area (Å²) in [6.07, 6.45) is 0. The topological polar surface area (TPSA) is 74.8 Å². The molecule has 0 atom stereocenters. The largest absolute Gasteiger partial charge is 0.320 e. The average molecular weight is 285 g/mol. The van der Waals surface area contributed by atoms with Crippen LogP contribution < -0.4 is 10.9 Å². The minimum atomic E-state index is -0.347. The molecular weight excluding hydrogens is 266 g/mol. The number of aromatic amines is 1. The first-order chi connectivity index (χ1) is 9.77. The first kappa shape index (κ1) is 15.0. The van der Waals surface area contributed by atoms with Crippen LogP contribution in [0.3, 0.4) is 0 Å². The summed E-state index contributed by atoms with van der Waals surface area (Å²) in [7, 11) is 0. The van der Waals surface area contributed by atoms with Crippen LogP contribution in [0, 0.1) is 6.92 Å². The van der Waals surface area contributed by atoms with Gasteiger partial charge in [-0.25, -0.2) is 5.10 Å². The molecule has 0 aliphatic carbocycles. The van der Waals surface area contributed by atoms with E-state index in [1.54, 1.807) is 0 Å². The third kappa shape index (κ3) is 3.56. The lowest BCUT2D eigenvalue weighted by atomic mass is 9.86. The summed E-state index contributed by atoms with van der Waals surface area (Å²) in [4.78, 5) is 23.1. The Hall–Kier alpha value is -2.43. The number of carbonyl (C=O) groups excluding carboxylic acids is 1. The van der Waals surface area contributed by atoms with Crippen LogP contribution in [0.5, 0.6) is 0 Å². The molecule has 0 radical (unpaired) electrons. The number of hydrogen-bond donors (Lipinski definition) is 2. The van der Waals surface area contributed by atoms with Gasteiger partial charge in [0.25, 0.3) is 11.5 Å². The molecule has 0 saturated heterocycles. The van der Waals surface area contributed by atoms with Gasteiger partial charge < -0.3 is 5.32 Å². The predicted molar refractivity (Wildman–Crippen MR) is 82.7 cm³/mol. The molecule has 1 aromatic heterocycles. The fourth-order valence-corrected chi connectivity index (χ4v) is 1.88. The number of aromatic nitrogens is 2. The molecular formula is C16H19N3O2. The van der Waals surface area contributed by atoms with Gasteiger partial charge in [-0.2, -0.15) is 5.10 Å². The minimum Gasteiger partial charge on any atom is -0.320 e. The molecule has 0 bridgehead atoms. The third-order valence-corrected chi connectivity index (χ3v) is 3.26. The van der Waals surface area contributed by atoms with Gasteiger partial charge in [0.15, 0.2) is 0 Å². The van der Waals surface area contributed by atoms with Crippen molar-refractivity contribution in [2.45, 2.75) is 33.1 Å². The molecule has 1 heterocycles. The Morgan fingerprint density at radius 3 is 2.48 bits per heavy atom. The average Bonchev–Trinajstić information content (AvgIpc) is 2.40. The molecule has 0 fully saturated rings. The summed E-state index contributed by atoms with van der Waals surface area (Å²) < 4.78 is 0. The molecule has 2 N–H and O–H groups in total. The van der Waals surface area contributed by atoms with E-state index in [9.17, 15) is 9.59 Å². The van der Waals surface area contributed by atoms with Crippen molar-refractivity contribution in [2.24, 2.45) is 0 Å². The maximum absolute atomic E-state index is 12.1. The van der Waals surface area contributed by atoms with E-state index < -0.39 is 0 Å². The molecule has 5 heteroatoms. The number of benzene rings is 1. The Kier molecular flexibility index (Phi) is 3.93. The molecule has 0 unspecified atom stereocenters. The van der Waals surface area contributed by atoms with E-state index in [2.05, 4.69) is 42.4 Å². The van der Waals surface area contributed by atoms with Crippen LogP contribution in [-0.4, -0.2) is 16.1 Å². The summed E-state index contributed by atoms with van der Waals surface area (Å²) in [5.41, 5.74) is 2.70. The summed E-state index contributed by atoms with van der Waals surface area (Å²) in [6.45, 7) is 8.29. The zero-order valence-corrected chi connectivity index (χ0v) is 12.7. The first-order valence-electron chi connectivity index (χ1n) is 6.75. The second-order valence-corrected chi connectivity index (χ2v) is 6.04. The van der Waals surface area contributed by atoms with E-state index in [-0.39, 0.29) is 22.6 Å². The Morgan fingerprint density at radius 1 is 1.19 bits per heavy atom. The van der Waals surface area contributed by atoms with E-state index in [0.717, 1.165) is 16.8 Å². The Labute approximate surface area is 123 Å². The van der Waals surface area contributed by atoms with Gasteiger partial charge >= 0.3 is 0 Å². The smallest absolute Gasteiger partial charge is 0.276 e. The quantitative estimate of drug-likeness (QED) is 0.890. The highest BCUT2D eigenvalue weighted by Gasteiger charge is 2.16. The van der Waals surface area contributed by atoms with Gasteiger partial charge in [0.2, 0.25) is 0 Å². The number of carbonyl (C=O) groups is 1. The zero-order valence-electron chi connectivity index (χ0n) is 12.7. The number of hydrogen-bond acceptors (Lipinski definition) is 3. The van der Waals surface area contributed by atoms with E-state index in [1.165, 1.54) is 12.1 Å². The monoisotopic (exact) mass is 285 g/mol. The molecule has 5 nitrogen and oxygen atoms in total. The van der Waals surface area contributed by atoms with Crippen molar-refractivity contribution >= 4 is 11.6 Å². The lowest BCUT2D eigenvalue weighted by Crippen LogP contribution is -2.19. The molecule has 110 valence electrons. The highest BCUT2D eigenvalue weighted by Crippen LogP contribution is 2.27. The zero-order chi connectivity index (χ0) is 15.6. The third-order valence-electron chi connectivity index (χ3n) is 3.26. The van der Waals surface area contributed by atoms with Gasteiger partial charge in [-0.3, -0.25) is 9.59 Å². The second kappa shape index (κ2) is 5.52. The number of H-pyrrole nitrogens is 1. The van der Waals surface area contributed by atoms with Crippen molar-refractivity contribution in [2.75, 3.05) is 5.32 Å². The Bertz CT molecular complexity index is 707. The summed E-state index contributed by atoms with van der Waals surface area (Å²) >= 11 is 0. The SMILES string of the molecule is Cc1ccc(C(C)(C)C)cc1NC(=O)c1ccc(=O)[nH]n1. The van der Waals surface area contributed by atoms with Gasteiger partial charge in [-0.15, -0.1) is 0 Å².